The lowest BCUT2D eigenvalue weighted by atomic mass is 10.2. The first-order valence-electron chi connectivity index (χ1n) is 3.36. The van der Waals surface area contributed by atoms with Gasteiger partial charge < -0.3 is 0 Å². The van der Waals surface area contributed by atoms with Gasteiger partial charge in [0.25, 0.3) is 9.05 Å². The standard InChI is InChI=1S/C7H11ClO2S/c1-3-5-6-7(4-2)11(8,9)10/h2-3,5-6H2,1H3. The molecule has 64 valence electrons. The highest BCUT2D eigenvalue weighted by atomic mass is 35.7. The van der Waals surface area contributed by atoms with Crippen LogP contribution in [-0.2, 0) is 9.05 Å². The number of unbranched alkanes of at least 4 members (excludes halogenated alkanes) is 1. The van der Waals surface area contributed by atoms with Crippen molar-refractivity contribution in [3.05, 3.63) is 17.2 Å². The second-order valence-electron chi connectivity index (χ2n) is 2.14. The van der Waals surface area contributed by atoms with E-state index in [4.69, 9.17) is 10.7 Å². The Morgan fingerprint density at radius 3 is 2.45 bits per heavy atom. The van der Waals surface area contributed by atoms with Crippen LogP contribution in [0.2, 0.25) is 0 Å². The fraction of sp³-hybridized carbons (Fsp3) is 0.571. The van der Waals surface area contributed by atoms with Crippen LogP contribution in [0.3, 0.4) is 0 Å². The molecule has 4 heteroatoms. The fourth-order valence-electron chi connectivity index (χ4n) is 0.634. The number of hydrogen-bond donors (Lipinski definition) is 0. The van der Waals surface area contributed by atoms with Gasteiger partial charge in [-0.3, -0.25) is 0 Å². The van der Waals surface area contributed by atoms with E-state index < -0.39 is 9.05 Å². The highest BCUT2D eigenvalue weighted by Crippen LogP contribution is 2.16. The molecule has 0 unspecified atom stereocenters. The average Bonchev–Trinajstić information content (AvgIpc) is 1.87. The normalized spacial score (nSPS) is 10.7. The summed E-state index contributed by atoms with van der Waals surface area (Å²) in [5, 5.41) is 0. The van der Waals surface area contributed by atoms with E-state index >= 15 is 0 Å². The van der Waals surface area contributed by atoms with Gasteiger partial charge in [-0.05, 0) is 12.8 Å². The first-order chi connectivity index (χ1) is 5.02. The van der Waals surface area contributed by atoms with Gasteiger partial charge in [-0.15, -0.1) is 5.73 Å². The van der Waals surface area contributed by atoms with Crippen molar-refractivity contribution < 1.29 is 8.42 Å². The lowest BCUT2D eigenvalue weighted by Crippen LogP contribution is -1.93. The summed E-state index contributed by atoms with van der Waals surface area (Å²) in [6, 6.07) is 0. The average molecular weight is 195 g/mol. The molecular weight excluding hydrogens is 184 g/mol. The smallest absolute Gasteiger partial charge is 0.207 e. The van der Waals surface area contributed by atoms with Crippen molar-refractivity contribution in [2.45, 2.75) is 26.2 Å². The maximum atomic E-state index is 10.7. The predicted octanol–water partition coefficient (Wildman–Crippen LogP) is 2.41. The molecule has 0 bridgehead atoms. The molecule has 0 aromatic carbocycles. The maximum Gasteiger partial charge on any atom is 0.264 e. The van der Waals surface area contributed by atoms with Gasteiger partial charge in [0.15, 0.2) is 0 Å². The van der Waals surface area contributed by atoms with E-state index in [0.717, 1.165) is 12.8 Å². The van der Waals surface area contributed by atoms with Gasteiger partial charge in [-0.1, -0.05) is 19.9 Å². The minimum absolute atomic E-state index is 0.0982. The van der Waals surface area contributed by atoms with E-state index in [2.05, 4.69) is 12.3 Å². The summed E-state index contributed by atoms with van der Waals surface area (Å²) in [6.07, 6.45) is 2.16. The van der Waals surface area contributed by atoms with Crippen molar-refractivity contribution in [3.8, 4) is 0 Å². The van der Waals surface area contributed by atoms with Crippen LogP contribution in [0, 0.1) is 0 Å². The lowest BCUT2D eigenvalue weighted by molar-refractivity contribution is 0.612. The lowest BCUT2D eigenvalue weighted by Gasteiger charge is -1.97. The second-order valence-corrected chi connectivity index (χ2v) is 4.73. The molecule has 0 aliphatic carbocycles. The molecule has 0 heterocycles. The van der Waals surface area contributed by atoms with Crippen LogP contribution in [0.25, 0.3) is 0 Å². The Balaban J connectivity index is 4.36. The van der Waals surface area contributed by atoms with Crippen molar-refractivity contribution >= 4 is 19.7 Å². The maximum absolute atomic E-state index is 10.7. The molecule has 0 saturated heterocycles. The van der Waals surface area contributed by atoms with Gasteiger partial charge in [-0.25, -0.2) is 8.42 Å². The topological polar surface area (TPSA) is 34.1 Å². The summed E-state index contributed by atoms with van der Waals surface area (Å²) in [4.78, 5) is 0.0982. The third kappa shape index (κ3) is 4.25. The van der Waals surface area contributed by atoms with E-state index in [-0.39, 0.29) is 4.91 Å². The zero-order chi connectivity index (χ0) is 8.91. The van der Waals surface area contributed by atoms with E-state index in [1.54, 1.807) is 0 Å². The summed E-state index contributed by atoms with van der Waals surface area (Å²) in [7, 11) is 1.50. The van der Waals surface area contributed by atoms with Crippen LogP contribution in [0.5, 0.6) is 0 Å². The Hall–Kier alpha value is -0.240. The summed E-state index contributed by atoms with van der Waals surface area (Å²) < 4.78 is 21.4. The van der Waals surface area contributed by atoms with Gasteiger partial charge in [0, 0.05) is 10.7 Å². The van der Waals surface area contributed by atoms with Crippen LogP contribution in [0.1, 0.15) is 26.2 Å². The van der Waals surface area contributed by atoms with E-state index in [1.807, 2.05) is 6.92 Å². The van der Waals surface area contributed by atoms with Gasteiger partial charge in [0.2, 0.25) is 0 Å². The molecule has 0 aromatic heterocycles. The van der Waals surface area contributed by atoms with Crippen LogP contribution in [0.15, 0.2) is 17.2 Å². The van der Waals surface area contributed by atoms with Crippen molar-refractivity contribution in [1.82, 2.24) is 0 Å². The number of hydrogen-bond acceptors (Lipinski definition) is 2. The zero-order valence-electron chi connectivity index (χ0n) is 6.43. The summed E-state index contributed by atoms with van der Waals surface area (Å²) in [5.41, 5.74) is 2.32. The summed E-state index contributed by atoms with van der Waals surface area (Å²) in [6.45, 7) is 5.23. The van der Waals surface area contributed by atoms with Gasteiger partial charge in [0.1, 0.15) is 4.91 Å². The van der Waals surface area contributed by atoms with Crippen LogP contribution < -0.4 is 0 Å². The second kappa shape index (κ2) is 4.60. The van der Waals surface area contributed by atoms with Gasteiger partial charge >= 0.3 is 0 Å². The first-order valence-corrected chi connectivity index (χ1v) is 5.67. The monoisotopic (exact) mass is 194 g/mol. The molecule has 0 N–H and O–H groups in total. The number of halogens is 1. The fourth-order valence-corrected chi connectivity index (χ4v) is 1.59. The summed E-state index contributed by atoms with van der Waals surface area (Å²) in [5.74, 6) is 0. The predicted molar refractivity (Wildman–Crippen MR) is 47.0 cm³/mol. The molecule has 0 aliphatic heterocycles. The molecule has 0 amide bonds. The van der Waals surface area contributed by atoms with Crippen molar-refractivity contribution in [3.63, 3.8) is 0 Å². The number of allylic oxidation sites excluding steroid dienone is 1. The van der Waals surface area contributed by atoms with Crippen molar-refractivity contribution in [2.75, 3.05) is 0 Å². The molecule has 0 rings (SSSR count). The molecule has 2 nitrogen and oxygen atoms in total. The van der Waals surface area contributed by atoms with Crippen LogP contribution in [0.4, 0.5) is 0 Å². The Morgan fingerprint density at radius 1 is 1.64 bits per heavy atom. The van der Waals surface area contributed by atoms with Crippen molar-refractivity contribution in [2.24, 2.45) is 0 Å². The molecule has 0 aliphatic rings. The van der Waals surface area contributed by atoms with E-state index in [0.29, 0.717) is 6.42 Å². The van der Waals surface area contributed by atoms with E-state index in [1.165, 1.54) is 0 Å². The highest BCUT2D eigenvalue weighted by molar-refractivity contribution is 8.16. The Kier molecular flexibility index (Phi) is 4.50. The van der Waals surface area contributed by atoms with Gasteiger partial charge in [0.05, 0.1) is 0 Å². The third-order valence-corrected chi connectivity index (χ3v) is 2.74. The molecule has 0 aromatic rings. The first kappa shape index (κ1) is 10.8. The zero-order valence-corrected chi connectivity index (χ0v) is 8.00. The molecular formula is C7H11ClO2S. The largest absolute Gasteiger partial charge is 0.264 e. The minimum atomic E-state index is -3.57. The summed E-state index contributed by atoms with van der Waals surface area (Å²) >= 11 is 0. The highest BCUT2D eigenvalue weighted by Gasteiger charge is 2.11. The van der Waals surface area contributed by atoms with Crippen LogP contribution in [-0.4, -0.2) is 8.42 Å². The molecule has 0 spiro atoms. The number of rotatable bonds is 4. The Morgan fingerprint density at radius 2 is 2.18 bits per heavy atom. The van der Waals surface area contributed by atoms with Crippen LogP contribution >= 0.6 is 10.7 Å². The molecule has 11 heavy (non-hydrogen) atoms. The quantitative estimate of drug-likeness (QED) is 0.509. The Bertz CT molecular complexity index is 260. The Labute approximate surface area is 72.0 Å². The SMILES string of the molecule is C=C=C(CCCC)S(=O)(=O)Cl. The molecule has 0 saturated carbocycles. The van der Waals surface area contributed by atoms with E-state index in [9.17, 15) is 8.42 Å². The minimum Gasteiger partial charge on any atom is -0.207 e. The molecule has 0 atom stereocenters. The molecule has 0 radical (unpaired) electrons. The third-order valence-electron chi connectivity index (χ3n) is 1.25. The van der Waals surface area contributed by atoms with Gasteiger partial charge in [-0.2, -0.15) is 0 Å². The van der Waals surface area contributed by atoms with Crippen molar-refractivity contribution in [1.29, 1.82) is 0 Å². The molecule has 0 fully saturated rings.